The van der Waals surface area contributed by atoms with Gasteiger partial charge in [-0.05, 0) is 0 Å². The zero-order valence-corrected chi connectivity index (χ0v) is 15.6. The Bertz CT molecular complexity index is 902. The summed E-state index contributed by atoms with van der Waals surface area (Å²) in [5, 5.41) is 7.34. The van der Waals surface area contributed by atoms with Gasteiger partial charge in [0.1, 0.15) is 18.8 Å². The van der Waals surface area contributed by atoms with Crippen molar-refractivity contribution in [1.29, 1.82) is 0 Å². The van der Waals surface area contributed by atoms with Crippen LogP contribution in [0.1, 0.15) is 12.1 Å². The average molecular weight is 445 g/mol. The van der Waals surface area contributed by atoms with Crippen LogP contribution in [0.3, 0.4) is 0 Å². The number of ether oxygens (including phenoxy) is 1. The van der Waals surface area contributed by atoms with Gasteiger partial charge in [0.15, 0.2) is 10.8 Å². The predicted octanol–water partition coefficient (Wildman–Crippen LogP) is -2.51. The SMILES string of the molecule is CON=C(C(=O)NC1C(=O)N(S(=O)(=O)O)C1CC(=O)OC)c1csc(N)n1.[NaH]. The van der Waals surface area contributed by atoms with Gasteiger partial charge in [-0.25, -0.2) is 9.29 Å². The van der Waals surface area contributed by atoms with E-state index in [1.165, 1.54) is 12.5 Å². The minimum absolute atomic E-state index is 0. The van der Waals surface area contributed by atoms with E-state index in [2.05, 4.69) is 25.0 Å². The van der Waals surface area contributed by atoms with Gasteiger partial charge in [0.25, 0.3) is 11.8 Å². The number of nitrogens with zero attached hydrogens (tertiary/aromatic N) is 3. The molecule has 2 heterocycles. The van der Waals surface area contributed by atoms with Crippen molar-refractivity contribution in [2.75, 3.05) is 20.0 Å². The number of hydrogen-bond acceptors (Lipinski definition) is 11. The van der Waals surface area contributed by atoms with Crippen LogP contribution in [-0.4, -0.2) is 102 Å². The Kier molecular flexibility index (Phi) is 8.33. The average Bonchev–Trinajstić information content (AvgIpc) is 3.01. The van der Waals surface area contributed by atoms with E-state index in [4.69, 9.17) is 10.3 Å². The number of β-lactam (4-membered cyclic amide) rings is 1. The molecule has 2 rings (SSSR count). The molecule has 16 heteroatoms. The van der Waals surface area contributed by atoms with Gasteiger partial charge in [-0.15, -0.1) is 11.3 Å². The number of oxime groups is 1. The zero-order valence-electron chi connectivity index (χ0n) is 14.0. The first-order valence-corrected chi connectivity index (χ1v) is 9.38. The molecule has 1 saturated heterocycles. The number of thiazole rings is 1. The Balaban J connectivity index is 0.00000392. The molecule has 0 bridgehead atoms. The summed E-state index contributed by atoms with van der Waals surface area (Å²) in [4.78, 5) is 44.4. The minimum atomic E-state index is -4.92. The summed E-state index contributed by atoms with van der Waals surface area (Å²) < 4.78 is 36.3. The van der Waals surface area contributed by atoms with Crippen molar-refractivity contribution in [3.63, 3.8) is 0 Å². The standard InChI is InChI=1S/C12H15N5O8S2.Na.H/c1-24-7(18)3-6-9(11(20)17(6)27(21,22)23)15-10(19)8(16-25-2)5-4-26-12(13)14-5;;/h4,6,9H,3H2,1-2H3,(H2,13,14)(H,15,19)(H,21,22,23);;. The molecule has 0 saturated carbocycles. The quantitative estimate of drug-likeness (QED) is 0.101. The van der Waals surface area contributed by atoms with Gasteiger partial charge in [0.05, 0.1) is 19.6 Å². The fourth-order valence-corrected chi connectivity index (χ4v) is 3.74. The van der Waals surface area contributed by atoms with Gasteiger partial charge < -0.3 is 20.6 Å². The van der Waals surface area contributed by atoms with E-state index in [9.17, 15) is 22.8 Å². The molecule has 0 aromatic carbocycles. The molecule has 150 valence electrons. The van der Waals surface area contributed by atoms with Crippen LogP contribution in [0.2, 0.25) is 0 Å². The summed E-state index contributed by atoms with van der Waals surface area (Å²) in [5.41, 5.74) is 5.26. The van der Waals surface area contributed by atoms with Crippen LogP contribution in [0.25, 0.3) is 0 Å². The topological polar surface area (TPSA) is 191 Å². The van der Waals surface area contributed by atoms with Crippen LogP contribution in [0.5, 0.6) is 0 Å². The second-order valence-electron chi connectivity index (χ2n) is 5.10. The number of nitrogens with two attached hydrogens (primary N) is 1. The maximum atomic E-state index is 12.5. The van der Waals surface area contributed by atoms with Crippen LogP contribution in [0.4, 0.5) is 5.13 Å². The van der Waals surface area contributed by atoms with E-state index in [0.717, 1.165) is 18.4 Å². The third kappa shape index (κ3) is 5.18. The van der Waals surface area contributed by atoms with Gasteiger partial charge in [0.2, 0.25) is 0 Å². The van der Waals surface area contributed by atoms with Gasteiger partial charge in [-0.1, -0.05) is 5.16 Å². The van der Waals surface area contributed by atoms with Crippen molar-refractivity contribution in [2.45, 2.75) is 18.5 Å². The molecule has 0 spiro atoms. The molecule has 2 unspecified atom stereocenters. The van der Waals surface area contributed by atoms with E-state index in [0.29, 0.717) is 0 Å². The molecule has 0 radical (unpaired) electrons. The number of anilines is 1. The van der Waals surface area contributed by atoms with Gasteiger partial charge in [-0.3, -0.25) is 18.9 Å². The number of aromatic nitrogens is 1. The Labute approximate surface area is 185 Å². The first-order valence-electron chi connectivity index (χ1n) is 7.11. The molecule has 13 nitrogen and oxygen atoms in total. The predicted molar refractivity (Wildman–Crippen MR) is 98.0 cm³/mol. The van der Waals surface area contributed by atoms with E-state index < -0.39 is 46.6 Å². The first kappa shape index (κ1) is 24.3. The van der Waals surface area contributed by atoms with Crippen LogP contribution in [0.15, 0.2) is 10.5 Å². The molecule has 1 aliphatic rings. The first-order chi connectivity index (χ1) is 12.6. The van der Waals surface area contributed by atoms with E-state index in [1.54, 1.807) is 0 Å². The van der Waals surface area contributed by atoms with Crippen LogP contribution >= 0.6 is 11.3 Å². The number of rotatable bonds is 7. The van der Waals surface area contributed by atoms with Crippen molar-refractivity contribution >= 4 is 79.8 Å². The summed E-state index contributed by atoms with van der Waals surface area (Å²) in [6.45, 7) is 0. The third-order valence-corrected chi connectivity index (χ3v) is 5.09. The fourth-order valence-electron chi connectivity index (χ4n) is 2.32. The number of hydrogen-bond donors (Lipinski definition) is 3. The normalized spacial score (nSPS) is 19.3. The Morgan fingerprint density at radius 1 is 1.46 bits per heavy atom. The summed E-state index contributed by atoms with van der Waals surface area (Å²) in [6, 6.07) is -2.79. The zero-order chi connectivity index (χ0) is 20.4. The van der Waals surface area contributed by atoms with E-state index in [-0.39, 0.29) is 50.4 Å². The number of methoxy groups -OCH3 is 1. The number of nitrogen functional groups attached to an aromatic ring is 1. The number of esters is 1. The molecule has 1 fully saturated rings. The van der Waals surface area contributed by atoms with Crippen molar-refractivity contribution in [1.82, 2.24) is 14.6 Å². The van der Waals surface area contributed by atoms with Crippen molar-refractivity contribution in [3.8, 4) is 0 Å². The molecular formula is C12H16N5NaO8S2. The second kappa shape index (κ2) is 9.62. The molecular weight excluding hydrogens is 429 g/mol. The van der Waals surface area contributed by atoms with Crippen LogP contribution < -0.4 is 11.1 Å². The summed E-state index contributed by atoms with van der Waals surface area (Å²) >= 11 is 1.03. The van der Waals surface area contributed by atoms with Crippen molar-refractivity contribution in [2.24, 2.45) is 5.16 Å². The van der Waals surface area contributed by atoms with Gasteiger partial charge in [0, 0.05) is 5.38 Å². The number of nitrogens with one attached hydrogen (secondary N) is 1. The molecule has 1 aromatic heterocycles. The van der Waals surface area contributed by atoms with Crippen LogP contribution in [-0.2, 0) is 34.3 Å². The number of carbonyl (C=O) groups excluding carboxylic acids is 3. The monoisotopic (exact) mass is 445 g/mol. The van der Waals surface area contributed by atoms with Crippen LogP contribution in [0, 0.1) is 0 Å². The molecule has 1 aliphatic heterocycles. The fraction of sp³-hybridized carbons (Fsp3) is 0.417. The number of carbonyl (C=O) groups is 3. The van der Waals surface area contributed by atoms with Crippen molar-refractivity contribution in [3.05, 3.63) is 11.1 Å². The Morgan fingerprint density at radius 2 is 2.11 bits per heavy atom. The molecule has 0 aliphatic carbocycles. The Hall–Kier alpha value is -1.78. The molecule has 4 N–H and O–H groups in total. The molecule has 1 aromatic rings. The van der Waals surface area contributed by atoms with Crippen molar-refractivity contribution < 1.29 is 36.9 Å². The van der Waals surface area contributed by atoms with E-state index in [1.807, 2.05) is 0 Å². The van der Waals surface area contributed by atoms with E-state index >= 15 is 0 Å². The third-order valence-electron chi connectivity index (χ3n) is 3.47. The summed E-state index contributed by atoms with van der Waals surface area (Å²) in [5.74, 6) is -2.90. The van der Waals surface area contributed by atoms with Gasteiger partial charge >= 0.3 is 45.8 Å². The molecule has 2 atom stereocenters. The summed E-state index contributed by atoms with van der Waals surface area (Å²) in [7, 11) is -2.69. The van der Waals surface area contributed by atoms with Gasteiger partial charge in [-0.2, -0.15) is 8.42 Å². The maximum absolute atomic E-state index is 12.5. The molecule has 2 amide bonds. The summed E-state index contributed by atoms with van der Waals surface area (Å²) in [6.07, 6.45) is -0.576. The number of amides is 2. The molecule has 28 heavy (non-hydrogen) atoms. The Morgan fingerprint density at radius 3 is 2.57 bits per heavy atom. The second-order valence-corrected chi connectivity index (χ2v) is 7.28.